The Balaban J connectivity index is 2.38. The van der Waals surface area contributed by atoms with Gasteiger partial charge in [-0.3, -0.25) is 0 Å². The van der Waals surface area contributed by atoms with Gasteiger partial charge in [-0.25, -0.2) is 8.42 Å². The quantitative estimate of drug-likeness (QED) is 0.867. The predicted octanol–water partition coefficient (Wildman–Crippen LogP) is 1.56. The van der Waals surface area contributed by atoms with Crippen LogP contribution in [-0.2, 0) is 22.1 Å². The van der Waals surface area contributed by atoms with Crippen LogP contribution >= 0.6 is 0 Å². The lowest BCUT2D eigenvalue weighted by Crippen LogP contribution is -2.06. The van der Waals surface area contributed by atoms with Crippen LogP contribution in [0.25, 0.3) is 10.9 Å². The highest BCUT2D eigenvalue weighted by Gasteiger charge is 2.11. The summed E-state index contributed by atoms with van der Waals surface area (Å²) in [5.74, 6) is 0.229. The molecule has 0 spiro atoms. The number of nitrogens with two attached hydrogens (primary N) is 1. The molecule has 5 heteroatoms. The summed E-state index contributed by atoms with van der Waals surface area (Å²) in [6.45, 7) is 2.14. The molecule has 1 heterocycles. The van der Waals surface area contributed by atoms with Crippen molar-refractivity contribution in [3.63, 3.8) is 0 Å². The van der Waals surface area contributed by atoms with Gasteiger partial charge in [0.2, 0.25) is 0 Å². The molecule has 0 atom stereocenters. The molecule has 1 aromatic carbocycles. The highest BCUT2D eigenvalue weighted by Crippen LogP contribution is 2.18. The smallest absolute Gasteiger partial charge is 0.155 e. The molecule has 1 aromatic heterocycles. The Morgan fingerprint density at radius 1 is 1.29 bits per heavy atom. The number of nitrogens with one attached hydrogen (secondary N) is 1. The van der Waals surface area contributed by atoms with Crippen LogP contribution in [0, 0.1) is 0 Å². The lowest BCUT2D eigenvalue weighted by molar-refractivity contribution is 0.596. The first-order valence-corrected chi connectivity index (χ1v) is 7.37. The molecule has 0 saturated heterocycles. The van der Waals surface area contributed by atoms with Gasteiger partial charge in [0.05, 0.1) is 5.75 Å². The van der Waals surface area contributed by atoms with E-state index >= 15 is 0 Å². The molecule has 0 unspecified atom stereocenters. The second kappa shape index (κ2) is 4.50. The van der Waals surface area contributed by atoms with Crippen LogP contribution in [0.2, 0.25) is 0 Å². The van der Waals surface area contributed by atoms with E-state index in [0.29, 0.717) is 6.54 Å². The molecule has 0 amide bonds. The van der Waals surface area contributed by atoms with Crippen LogP contribution in [-0.4, -0.2) is 19.2 Å². The summed E-state index contributed by atoms with van der Waals surface area (Å²) in [5.41, 5.74) is 8.26. The van der Waals surface area contributed by atoms with Gasteiger partial charge in [-0.05, 0) is 23.1 Å². The monoisotopic (exact) mass is 252 g/mol. The van der Waals surface area contributed by atoms with Crippen LogP contribution in [0.4, 0.5) is 0 Å². The average molecular weight is 252 g/mol. The predicted molar refractivity (Wildman–Crippen MR) is 69.4 cm³/mol. The van der Waals surface area contributed by atoms with Gasteiger partial charge >= 0.3 is 0 Å². The maximum atomic E-state index is 11.5. The zero-order chi connectivity index (χ0) is 12.5. The third-order valence-electron chi connectivity index (χ3n) is 2.79. The van der Waals surface area contributed by atoms with E-state index in [9.17, 15) is 8.42 Å². The SMILES string of the molecule is CCS(=O)(=O)Cc1cc2ccc(CN)cc2[nH]1. The van der Waals surface area contributed by atoms with E-state index in [2.05, 4.69) is 4.98 Å². The fourth-order valence-corrected chi connectivity index (χ4v) is 2.61. The van der Waals surface area contributed by atoms with Crippen molar-refractivity contribution in [3.8, 4) is 0 Å². The minimum atomic E-state index is -2.99. The van der Waals surface area contributed by atoms with E-state index in [1.54, 1.807) is 6.92 Å². The molecule has 2 aromatic rings. The molecule has 0 bridgehead atoms. The summed E-state index contributed by atoms with van der Waals surface area (Å²) in [6, 6.07) is 7.74. The van der Waals surface area contributed by atoms with Gasteiger partial charge in [-0.1, -0.05) is 19.1 Å². The van der Waals surface area contributed by atoms with Crippen molar-refractivity contribution in [2.24, 2.45) is 5.73 Å². The standard InChI is InChI=1S/C12H16N2O2S/c1-2-17(15,16)8-11-6-10-4-3-9(7-13)5-12(10)14-11/h3-6,14H,2,7-8,13H2,1H3. The lowest BCUT2D eigenvalue weighted by Gasteiger charge is -1.97. The van der Waals surface area contributed by atoms with Gasteiger partial charge in [0.25, 0.3) is 0 Å². The number of benzene rings is 1. The molecule has 0 aliphatic carbocycles. The second-order valence-electron chi connectivity index (χ2n) is 4.10. The third-order valence-corrected chi connectivity index (χ3v) is 4.42. The molecule has 17 heavy (non-hydrogen) atoms. The summed E-state index contributed by atoms with van der Waals surface area (Å²) in [7, 11) is -2.99. The van der Waals surface area contributed by atoms with E-state index in [1.807, 2.05) is 24.3 Å². The Morgan fingerprint density at radius 3 is 2.71 bits per heavy atom. The lowest BCUT2D eigenvalue weighted by atomic mass is 10.2. The number of sulfone groups is 1. The Labute approximate surface area is 101 Å². The van der Waals surface area contributed by atoms with E-state index in [4.69, 9.17) is 5.73 Å². The van der Waals surface area contributed by atoms with Crippen molar-refractivity contribution in [2.45, 2.75) is 19.2 Å². The fraction of sp³-hybridized carbons (Fsp3) is 0.333. The number of aromatic nitrogens is 1. The van der Waals surface area contributed by atoms with Gasteiger partial charge in [-0.2, -0.15) is 0 Å². The van der Waals surface area contributed by atoms with Gasteiger partial charge in [0.1, 0.15) is 0 Å². The van der Waals surface area contributed by atoms with E-state index in [1.165, 1.54) is 0 Å². The summed E-state index contributed by atoms with van der Waals surface area (Å²) in [5, 5.41) is 1.02. The Morgan fingerprint density at radius 2 is 2.06 bits per heavy atom. The van der Waals surface area contributed by atoms with Crippen molar-refractivity contribution < 1.29 is 8.42 Å². The Kier molecular flexibility index (Phi) is 3.22. The first-order valence-electron chi connectivity index (χ1n) is 5.55. The molecule has 2 rings (SSSR count). The maximum Gasteiger partial charge on any atom is 0.155 e. The zero-order valence-corrected chi connectivity index (χ0v) is 10.5. The van der Waals surface area contributed by atoms with Crippen molar-refractivity contribution in [2.75, 3.05) is 5.75 Å². The first-order chi connectivity index (χ1) is 8.04. The first kappa shape index (κ1) is 12.1. The molecule has 0 aliphatic rings. The number of aromatic amines is 1. The Bertz CT molecular complexity index is 629. The number of fused-ring (bicyclic) bond motifs is 1. The van der Waals surface area contributed by atoms with Gasteiger partial charge in [0.15, 0.2) is 9.84 Å². The number of H-pyrrole nitrogens is 1. The maximum absolute atomic E-state index is 11.5. The molecule has 0 fully saturated rings. The van der Waals surface area contributed by atoms with Crippen LogP contribution in [0.1, 0.15) is 18.2 Å². The summed E-state index contributed by atoms with van der Waals surface area (Å²) >= 11 is 0. The highest BCUT2D eigenvalue weighted by atomic mass is 32.2. The van der Waals surface area contributed by atoms with E-state index < -0.39 is 9.84 Å². The van der Waals surface area contributed by atoms with E-state index in [-0.39, 0.29) is 11.5 Å². The van der Waals surface area contributed by atoms with Crippen LogP contribution < -0.4 is 5.73 Å². The molecule has 0 saturated carbocycles. The average Bonchev–Trinajstić information content (AvgIpc) is 2.68. The topological polar surface area (TPSA) is 75.9 Å². The van der Waals surface area contributed by atoms with Gasteiger partial charge in [-0.15, -0.1) is 0 Å². The van der Waals surface area contributed by atoms with Crippen molar-refractivity contribution >= 4 is 20.7 Å². The minimum Gasteiger partial charge on any atom is -0.358 e. The van der Waals surface area contributed by atoms with Gasteiger partial charge < -0.3 is 10.7 Å². The summed E-state index contributed by atoms with van der Waals surface area (Å²) < 4.78 is 23.1. The molecular weight excluding hydrogens is 236 g/mol. The normalized spacial score (nSPS) is 12.1. The summed E-state index contributed by atoms with van der Waals surface area (Å²) in [4.78, 5) is 3.13. The summed E-state index contributed by atoms with van der Waals surface area (Å²) in [6.07, 6.45) is 0. The number of hydrogen-bond donors (Lipinski definition) is 2. The molecule has 92 valence electrons. The molecule has 4 nitrogen and oxygen atoms in total. The van der Waals surface area contributed by atoms with Crippen LogP contribution in [0.5, 0.6) is 0 Å². The van der Waals surface area contributed by atoms with E-state index in [0.717, 1.165) is 22.2 Å². The largest absolute Gasteiger partial charge is 0.358 e. The van der Waals surface area contributed by atoms with Gasteiger partial charge in [0, 0.05) is 23.5 Å². The fourth-order valence-electron chi connectivity index (χ4n) is 1.78. The molecular formula is C12H16N2O2S. The third kappa shape index (κ3) is 2.68. The minimum absolute atomic E-state index is 0.0656. The van der Waals surface area contributed by atoms with Crippen molar-refractivity contribution in [1.82, 2.24) is 4.98 Å². The molecule has 0 radical (unpaired) electrons. The molecule has 0 aliphatic heterocycles. The zero-order valence-electron chi connectivity index (χ0n) is 9.73. The van der Waals surface area contributed by atoms with Crippen LogP contribution in [0.15, 0.2) is 24.3 Å². The molecule has 3 N–H and O–H groups in total. The highest BCUT2D eigenvalue weighted by molar-refractivity contribution is 7.90. The number of rotatable bonds is 4. The van der Waals surface area contributed by atoms with Crippen molar-refractivity contribution in [3.05, 3.63) is 35.5 Å². The Hall–Kier alpha value is -1.33. The van der Waals surface area contributed by atoms with Crippen LogP contribution in [0.3, 0.4) is 0 Å². The second-order valence-corrected chi connectivity index (χ2v) is 6.45. The number of hydrogen-bond acceptors (Lipinski definition) is 3. The van der Waals surface area contributed by atoms with Crippen molar-refractivity contribution in [1.29, 1.82) is 0 Å².